The Morgan fingerprint density at radius 2 is 2.00 bits per heavy atom. The molecule has 7 heteroatoms. The van der Waals surface area contributed by atoms with E-state index in [1.165, 1.54) is 10.4 Å². The van der Waals surface area contributed by atoms with Crippen molar-refractivity contribution in [3.8, 4) is 17.4 Å². The number of ether oxygens (including phenoxy) is 1. The SMILES string of the molecule is Cc1c(-c2nc(Cc3cccs3)nn2Cc2ccccc2)nn2c1OCCC2. The van der Waals surface area contributed by atoms with Crippen LogP contribution in [-0.4, -0.2) is 31.2 Å². The lowest BCUT2D eigenvalue weighted by atomic mass is 10.2. The minimum Gasteiger partial charge on any atom is -0.478 e. The van der Waals surface area contributed by atoms with Crippen LogP contribution in [0.5, 0.6) is 5.88 Å². The maximum atomic E-state index is 5.85. The van der Waals surface area contributed by atoms with E-state index < -0.39 is 0 Å². The maximum absolute atomic E-state index is 5.85. The highest BCUT2D eigenvalue weighted by molar-refractivity contribution is 7.09. The van der Waals surface area contributed by atoms with Crippen molar-refractivity contribution >= 4 is 11.3 Å². The second kappa shape index (κ2) is 7.24. The van der Waals surface area contributed by atoms with E-state index in [1.54, 1.807) is 11.3 Å². The Labute approximate surface area is 167 Å². The zero-order valence-electron chi connectivity index (χ0n) is 15.7. The number of rotatable bonds is 5. The van der Waals surface area contributed by atoms with Crippen molar-refractivity contribution in [3.05, 3.63) is 69.7 Å². The van der Waals surface area contributed by atoms with Crippen LogP contribution in [0.2, 0.25) is 0 Å². The minimum absolute atomic E-state index is 0.663. The van der Waals surface area contributed by atoms with E-state index in [0.717, 1.165) is 54.8 Å². The van der Waals surface area contributed by atoms with Crippen LogP contribution in [0.4, 0.5) is 0 Å². The van der Waals surface area contributed by atoms with Gasteiger partial charge in [0.2, 0.25) is 5.88 Å². The van der Waals surface area contributed by atoms with E-state index in [9.17, 15) is 0 Å². The van der Waals surface area contributed by atoms with Crippen molar-refractivity contribution in [3.63, 3.8) is 0 Å². The number of fused-ring (bicyclic) bond motifs is 1. The van der Waals surface area contributed by atoms with E-state index in [2.05, 4.69) is 36.6 Å². The van der Waals surface area contributed by atoms with E-state index in [0.29, 0.717) is 6.54 Å². The predicted octanol–water partition coefficient (Wildman–Crippen LogP) is 3.93. The number of benzene rings is 1. The Morgan fingerprint density at radius 3 is 2.79 bits per heavy atom. The summed E-state index contributed by atoms with van der Waals surface area (Å²) in [6.07, 6.45) is 1.71. The van der Waals surface area contributed by atoms with E-state index >= 15 is 0 Å². The molecule has 6 nitrogen and oxygen atoms in total. The fraction of sp³-hybridized carbons (Fsp3) is 0.286. The van der Waals surface area contributed by atoms with Crippen LogP contribution in [0.1, 0.15) is 28.2 Å². The summed E-state index contributed by atoms with van der Waals surface area (Å²) in [5.41, 5.74) is 3.08. The molecule has 0 N–H and O–H groups in total. The van der Waals surface area contributed by atoms with E-state index in [4.69, 9.17) is 19.9 Å². The molecule has 0 spiro atoms. The number of hydrogen-bond acceptors (Lipinski definition) is 5. The molecule has 4 aromatic rings. The molecule has 0 saturated heterocycles. The molecule has 28 heavy (non-hydrogen) atoms. The zero-order chi connectivity index (χ0) is 18.9. The second-order valence-corrected chi connectivity index (χ2v) is 7.99. The van der Waals surface area contributed by atoms with Gasteiger partial charge in [0, 0.05) is 29.8 Å². The van der Waals surface area contributed by atoms with Crippen LogP contribution in [0, 0.1) is 6.92 Å². The number of aryl methyl sites for hydroxylation is 1. The summed E-state index contributed by atoms with van der Waals surface area (Å²) < 4.78 is 9.78. The summed E-state index contributed by atoms with van der Waals surface area (Å²) in [6, 6.07) is 14.5. The first-order valence-electron chi connectivity index (χ1n) is 9.48. The molecular formula is C21H21N5OS. The summed E-state index contributed by atoms with van der Waals surface area (Å²) in [5, 5.41) is 11.7. The van der Waals surface area contributed by atoms with E-state index in [1.807, 2.05) is 27.6 Å². The molecule has 0 fully saturated rings. The molecule has 4 heterocycles. The molecule has 0 atom stereocenters. The first-order chi connectivity index (χ1) is 13.8. The zero-order valence-corrected chi connectivity index (χ0v) is 16.5. The number of thiophene rings is 1. The molecule has 0 bridgehead atoms. The van der Waals surface area contributed by atoms with Crippen LogP contribution >= 0.6 is 11.3 Å². The fourth-order valence-corrected chi connectivity index (χ4v) is 4.24. The summed E-state index contributed by atoms with van der Waals surface area (Å²) >= 11 is 1.73. The quantitative estimate of drug-likeness (QED) is 0.517. The monoisotopic (exact) mass is 391 g/mol. The van der Waals surface area contributed by atoms with Gasteiger partial charge in [0.1, 0.15) is 5.69 Å². The Kier molecular flexibility index (Phi) is 4.44. The largest absolute Gasteiger partial charge is 0.478 e. The highest BCUT2D eigenvalue weighted by atomic mass is 32.1. The lowest BCUT2D eigenvalue weighted by Gasteiger charge is -2.14. The normalized spacial score (nSPS) is 13.3. The third-order valence-electron chi connectivity index (χ3n) is 4.90. The Bertz CT molecular complexity index is 1080. The lowest BCUT2D eigenvalue weighted by molar-refractivity contribution is 0.229. The topological polar surface area (TPSA) is 57.8 Å². The molecule has 1 aliphatic heterocycles. The van der Waals surface area contributed by atoms with Crippen molar-refractivity contribution in [2.45, 2.75) is 32.9 Å². The van der Waals surface area contributed by atoms with E-state index in [-0.39, 0.29) is 0 Å². The third kappa shape index (κ3) is 3.22. The van der Waals surface area contributed by atoms with Crippen LogP contribution < -0.4 is 4.74 Å². The molecule has 0 radical (unpaired) electrons. The van der Waals surface area contributed by atoms with Crippen molar-refractivity contribution in [2.24, 2.45) is 0 Å². The van der Waals surface area contributed by atoms with Gasteiger partial charge in [-0.3, -0.25) is 0 Å². The van der Waals surface area contributed by atoms with Gasteiger partial charge in [-0.25, -0.2) is 14.3 Å². The van der Waals surface area contributed by atoms with Crippen LogP contribution in [0.3, 0.4) is 0 Å². The molecule has 1 aliphatic rings. The van der Waals surface area contributed by atoms with Crippen molar-refractivity contribution in [1.82, 2.24) is 24.5 Å². The third-order valence-corrected chi connectivity index (χ3v) is 5.78. The molecule has 0 saturated carbocycles. The number of nitrogens with zero attached hydrogens (tertiary/aromatic N) is 5. The summed E-state index contributed by atoms with van der Waals surface area (Å²) in [5.74, 6) is 2.48. The lowest BCUT2D eigenvalue weighted by Crippen LogP contribution is -2.14. The second-order valence-electron chi connectivity index (χ2n) is 6.95. The fourth-order valence-electron chi connectivity index (χ4n) is 3.54. The van der Waals surface area contributed by atoms with Gasteiger partial charge in [0.25, 0.3) is 0 Å². The van der Waals surface area contributed by atoms with Gasteiger partial charge in [-0.15, -0.1) is 11.3 Å². The molecule has 5 rings (SSSR count). The highest BCUT2D eigenvalue weighted by Crippen LogP contribution is 2.31. The standard InChI is InChI=1S/C21H21N5OS/c1-15-19(24-25-10-6-11-27-21(15)25)20-22-18(13-17-9-5-12-28-17)23-26(20)14-16-7-3-2-4-8-16/h2-5,7-9,12H,6,10-11,13-14H2,1H3. The Morgan fingerprint density at radius 1 is 1.11 bits per heavy atom. The Hall–Kier alpha value is -2.93. The van der Waals surface area contributed by atoms with Gasteiger partial charge >= 0.3 is 0 Å². The predicted molar refractivity (Wildman–Crippen MR) is 109 cm³/mol. The van der Waals surface area contributed by atoms with Crippen LogP contribution in [0.15, 0.2) is 47.8 Å². The Balaban J connectivity index is 1.57. The molecule has 142 valence electrons. The first-order valence-corrected chi connectivity index (χ1v) is 10.4. The number of hydrogen-bond donors (Lipinski definition) is 0. The molecule has 0 amide bonds. The van der Waals surface area contributed by atoms with Crippen molar-refractivity contribution < 1.29 is 4.74 Å². The molecule has 3 aromatic heterocycles. The minimum atomic E-state index is 0.663. The van der Waals surface area contributed by atoms with Crippen molar-refractivity contribution in [2.75, 3.05) is 6.61 Å². The van der Waals surface area contributed by atoms with Gasteiger partial charge in [-0.1, -0.05) is 36.4 Å². The van der Waals surface area contributed by atoms with Gasteiger partial charge in [-0.2, -0.15) is 10.2 Å². The molecule has 1 aromatic carbocycles. The smallest absolute Gasteiger partial charge is 0.215 e. The average molecular weight is 392 g/mol. The highest BCUT2D eigenvalue weighted by Gasteiger charge is 2.24. The molecular weight excluding hydrogens is 370 g/mol. The number of aromatic nitrogens is 5. The van der Waals surface area contributed by atoms with Crippen LogP contribution in [-0.2, 0) is 19.5 Å². The van der Waals surface area contributed by atoms with Gasteiger partial charge in [0.05, 0.1) is 13.2 Å². The molecule has 0 aliphatic carbocycles. The van der Waals surface area contributed by atoms with Gasteiger partial charge < -0.3 is 4.74 Å². The van der Waals surface area contributed by atoms with Gasteiger partial charge in [-0.05, 0) is 23.9 Å². The molecule has 0 unspecified atom stereocenters. The van der Waals surface area contributed by atoms with Gasteiger partial charge in [0.15, 0.2) is 11.6 Å². The first kappa shape index (κ1) is 17.2. The summed E-state index contributed by atoms with van der Waals surface area (Å²) in [7, 11) is 0. The average Bonchev–Trinajstić information content (AvgIpc) is 3.44. The summed E-state index contributed by atoms with van der Waals surface area (Å²) in [4.78, 5) is 6.14. The maximum Gasteiger partial charge on any atom is 0.215 e. The van der Waals surface area contributed by atoms with Crippen LogP contribution in [0.25, 0.3) is 11.5 Å². The van der Waals surface area contributed by atoms with Crippen molar-refractivity contribution in [1.29, 1.82) is 0 Å². The summed E-state index contributed by atoms with van der Waals surface area (Å²) in [6.45, 7) is 4.34.